The topological polar surface area (TPSA) is 71.1 Å². The first-order chi connectivity index (χ1) is 9.45. The zero-order valence-corrected chi connectivity index (χ0v) is 12.8. The van der Waals surface area contributed by atoms with E-state index in [-0.39, 0.29) is 18.6 Å². The van der Waals surface area contributed by atoms with Crippen molar-refractivity contribution in [3.63, 3.8) is 0 Å². The van der Waals surface area contributed by atoms with Crippen molar-refractivity contribution < 1.29 is 28.5 Å². The van der Waals surface area contributed by atoms with Gasteiger partial charge in [0.05, 0.1) is 19.8 Å². The third-order valence-corrected chi connectivity index (χ3v) is 2.29. The summed E-state index contributed by atoms with van der Waals surface area (Å²) in [5.41, 5.74) is 0. The Morgan fingerprint density at radius 1 is 0.950 bits per heavy atom. The van der Waals surface area contributed by atoms with Gasteiger partial charge < -0.3 is 18.9 Å². The largest absolute Gasteiger partial charge is 0.508 e. The van der Waals surface area contributed by atoms with Crippen LogP contribution in [0.1, 0.15) is 47.0 Å². The van der Waals surface area contributed by atoms with Crippen LogP contribution in [0.25, 0.3) is 0 Å². The Kier molecular flexibility index (Phi) is 10.5. The number of hydrogen-bond acceptors (Lipinski definition) is 6. The molecule has 0 saturated heterocycles. The molecule has 0 saturated carbocycles. The van der Waals surface area contributed by atoms with Gasteiger partial charge in [0, 0.05) is 6.42 Å². The lowest BCUT2D eigenvalue weighted by Crippen LogP contribution is -2.20. The molecule has 0 N–H and O–H groups in total. The zero-order chi connectivity index (χ0) is 15.4. The van der Waals surface area contributed by atoms with E-state index in [9.17, 15) is 9.59 Å². The van der Waals surface area contributed by atoms with Gasteiger partial charge in [0.2, 0.25) is 0 Å². The van der Waals surface area contributed by atoms with E-state index in [4.69, 9.17) is 18.9 Å². The maximum atomic E-state index is 11.2. The van der Waals surface area contributed by atoms with Gasteiger partial charge in [-0.05, 0) is 19.3 Å². The van der Waals surface area contributed by atoms with Gasteiger partial charge >= 0.3 is 12.3 Å². The van der Waals surface area contributed by atoms with Crippen LogP contribution in [0.5, 0.6) is 0 Å². The quantitative estimate of drug-likeness (QED) is 0.478. The minimum absolute atomic E-state index is 0.139. The van der Waals surface area contributed by atoms with E-state index in [0.29, 0.717) is 19.6 Å². The maximum absolute atomic E-state index is 11.2. The Morgan fingerprint density at radius 2 is 1.60 bits per heavy atom. The molecule has 6 heteroatoms. The van der Waals surface area contributed by atoms with Crippen LogP contribution < -0.4 is 0 Å². The van der Waals surface area contributed by atoms with Gasteiger partial charge in [0.15, 0.2) is 0 Å². The van der Waals surface area contributed by atoms with E-state index in [1.165, 1.54) is 0 Å². The molecule has 0 rings (SSSR count). The van der Waals surface area contributed by atoms with E-state index in [1.807, 2.05) is 20.8 Å². The lowest BCUT2D eigenvalue weighted by molar-refractivity contribution is 0.0110. The molecule has 20 heavy (non-hydrogen) atoms. The second kappa shape index (κ2) is 11.4. The Labute approximate surface area is 120 Å². The summed E-state index contributed by atoms with van der Waals surface area (Å²) in [6.45, 7) is 8.42. The molecule has 0 amide bonds. The summed E-state index contributed by atoms with van der Waals surface area (Å²) >= 11 is 0. The Morgan fingerprint density at radius 3 is 2.20 bits per heavy atom. The van der Waals surface area contributed by atoms with E-state index in [1.54, 1.807) is 6.92 Å². The van der Waals surface area contributed by atoms with Crippen LogP contribution in [-0.4, -0.2) is 38.2 Å². The number of carbonyl (C=O) groups excluding carboxylic acids is 2. The highest BCUT2D eigenvalue weighted by Crippen LogP contribution is 2.02. The molecule has 0 aromatic rings. The van der Waals surface area contributed by atoms with Crippen molar-refractivity contribution in [2.24, 2.45) is 5.92 Å². The summed E-state index contributed by atoms with van der Waals surface area (Å²) < 4.78 is 19.5. The fourth-order valence-corrected chi connectivity index (χ4v) is 1.14. The molecule has 0 bridgehead atoms. The molecule has 0 fully saturated rings. The average molecular weight is 290 g/mol. The molecule has 1 atom stereocenters. The first-order valence-corrected chi connectivity index (χ1v) is 7.08. The molecule has 0 aromatic heterocycles. The van der Waals surface area contributed by atoms with E-state index in [0.717, 1.165) is 12.8 Å². The normalized spacial score (nSPS) is 11.8. The molecule has 0 radical (unpaired) electrons. The standard InChI is InChI=1S/C14H26O6/c1-5-6-8-17-14(16)20-12(4)7-9-18-13(15)19-10-11(2)3/h11-12H,5-10H2,1-4H3. The first kappa shape index (κ1) is 18.5. The van der Waals surface area contributed by atoms with Crippen molar-refractivity contribution in [1.82, 2.24) is 0 Å². The van der Waals surface area contributed by atoms with E-state index >= 15 is 0 Å². The van der Waals surface area contributed by atoms with Crippen LogP contribution in [0.15, 0.2) is 0 Å². The van der Waals surface area contributed by atoms with Gasteiger partial charge in [0.25, 0.3) is 0 Å². The number of ether oxygens (including phenoxy) is 4. The van der Waals surface area contributed by atoms with Crippen molar-refractivity contribution in [3.05, 3.63) is 0 Å². The molecule has 0 aromatic carbocycles. The van der Waals surface area contributed by atoms with Crippen molar-refractivity contribution in [3.8, 4) is 0 Å². The lowest BCUT2D eigenvalue weighted by Gasteiger charge is -2.13. The van der Waals surface area contributed by atoms with Gasteiger partial charge in [0.1, 0.15) is 6.10 Å². The second-order valence-electron chi connectivity index (χ2n) is 4.97. The lowest BCUT2D eigenvalue weighted by atomic mass is 10.2. The number of hydrogen-bond donors (Lipinski definition) is 0. The van der Waals surface area contributed by atoms with Crippen LogP contribution >= 0.6 is 0 Å². The molecule has 6 nitrogen and oxygen atoms in total. The molecular formula is C14H26O6. The summed E-state index contributed by atoms with van der Waals surface area (Å²) in [4.78, 5) is 22.4. The summed E-state index contributed by atoms with van der Waals surface area (Å²) in [6.07, 6.45) is 0.412. The molecule has 1 unspecified atom stereocenters. The smallest absolute Gasteiger partial charge is 0.434 e. The summed E-state index contributed by atoms with van der Waals surface area (Å²) in [5.74, 6) is 0.266. The first-order valence-electron chi connectivity index (χ1n) is 7.08. The Bertz CT molecular complexity index is 277. The third-order valence-electron chi connectivity index (χ3n) is 2.29. The van der Waals surface area contributed by atoms with Crippen LogP contribution in [-0.2, 0) is 18.9 Å². The van der Waals surface area contributed by atoms with Gasteiger partial charge in [-0.2, -0.15) is 0 Å². The van der Waals surface area contributed by atoms with Crippen LogP contribution in [0.3, 0.4) is 0 Å². The van der Waals surface area contributed by atoms with Crippen molar-refractivity contribution in [2.75, 3.05) is 19.8 Å². The highest BCUT2D eigenvalue weighted by Gasteiger charge is 2.12. The minimum atomic E-state index is -0.698. The highest BCUT2D eigenvalue weighted by molar-refractivity contribution is 5.60. The second-order valence-corrected chi connectivity index (χ2v) is 4.97. The fourth-order valence-electron chi connectivity index (χ4n) is 1.14. The number of rotatable bonds is 9. The predicted octanol–water partition coefficient (Wildman–Crippen LogP) is 3.53. The van der Waals surface area contributed by atoms with E-state index < -0.39 is 12.3 Å². The fraction of sp³-hybridized carbons (Fsp3) is 0.857. The van der Waals surface area contributed by atoms with Crippen molar-refractivity contribution >= 4 is 12.3 Å². The van der Waals surface area contributed by atoms with Gasteiger partial charge in [-0.15, -0.1) is 0 Å². The average Bonchev–Trinajstić information content (AvgIpc) is 2.36. The molecule has 0 aliphatic carbocycles. The van der Waals surface area contributed by atoms with Crippen molar-refractivity contribution in [2.45, 2.75) is 53.1 Å². The summed E-state index contributed by atoms with van der Waals surface area (Å²) in [5, 5.41) is 0. The molecular weight excluding hydrogens is 264 g/mol. The van der Waals surface area contributed by atoms with Gasteiger partial charge in [-0.1, -0.05) is 27.2 Å². The highest BCUT2D eigenvalue weighted by atomic mass is 16.7. The molecule has 0 aliphatic heterocycles. The number of unbranched alkanes of at least 4 members (excludes halogenated alkanes) is 1. The molecule has 0 aliphatic rings. The molecule has 0 heterocycles. The van der Waals surface area contributed by atoms with Gasteiger partial charge in [-0.25, -0.2) is 9.59 Å². The van der Waals surface area contributed by atoms with Gasteiger partial charge in [-0.3, -0.25) is 0 Å². The molecule has 0 spiro atoms. The van der Waals surface area contributed by atoms with E-state index in [2.05, 4.69) is 0 Å². The third kappa shape index (κ3) is 11.6. The van der Waals surface area contributed by atoms with Crippen LogP contribution in [0, 0.1) is 5.92 Å². The Balaban J connectivity index is 3.59. The van der Waals surface area contributed by atoms with Crippen molar-refractivity contribution in [1.29, 1.82) is 0 Å². The zero-order valence-electron chi connectivity index (χ0n) is 12.8. The monoisotopic (exact) mass is 290 g/mol. The minimum Gasteiger partial charge on any atom is -0.434 e. The SMILES string of the molecule is CCCCOC(=O)OC(C)CCOC(=O)OCC(C)C. The van der Waals surface area contributed by atoms with Crippen LogP contribution in [0.4, 0.5) is 9.59 Å². The van der Waals surface area contributed by atoms with Crippen LogP contribution in [0.2, 0.25) is 0 Å². The number of carbonyl (C=O) groups is 2. The summed E-state index contributed by atoms with van der Waals surface area (Å²) in [7, 11) is 0. The molecule has 118 valence electrons. The maximum Gasteiger partial charge on any atom is 0.508 e. The Hall–Kier alpha value is -1.46. The predicted molar refractivity (Wildman–Crippen MR) is 73.6 cm³/mol. The summed E-state index contributed by atoms with van der Waals surface area (Å²) in [6, 6.07) is 0.